The number of aliphatic hydroxyl groups excluding tert-OH is 2. The minimum atomic E-state index is -1.38. The fourth-order valence-corrected chi connectivity index (χ4v) is 7.33. The fraction of sp³-hybridized carbons (Fsp3) is 0.579. The normalized spacial score (nSPS) is 40.3. The zero-order valence-electron chi connectivity index (χ0n) is 29.7. The van der Waals surface area contributed by atoms with Gasteiger partial charge in [0.1, 0.15) is 61.0 Å². The summed E-state index contributed by atoms with van der Waals surface area (Å²) in [7, 11) is 0. The number of rotatable bonds is 15. The van der Waals surface area contributed by atoms with E-state index in [1.807, 2.05) is 60.7 Å². The second kappa shape index (κ2) is 18.8. The van der Waals surface area contributed by atoms with E-state index in [-0.39, 0.29) is 39.4 Å². The van der Waals surface area contributed by atoms with Gasteiger partial charge in [-0.25, -0.2) is 0 Å². The first-order chi connectivity index (χ1) is 25.7. The summed E-state index contributed by atoms with van der Waals surface area (Å²) in [5, 5.41) is 21.7. The lowest BCUT2D eigenvalue weighted by atomic mass is 9.84. The molecule has 3 saturated heterocycles. The van der Waals surface area contributed by atoms with Crippen molar-refractivity contribution in [1.29, 1.82) is 0 Å². The van der Waals surface area contributed by atoms with E-state index < -0.39 is 98.0 Å². The van der Waals surface area contributed by atoms with Gasteiger partial charge in [0, 0.05) is 24.2 Å². The summed E-state index contributed by atoms with van der Waals surface area (Å²) in [6.45, 7) is 7.98. The van der Waals surface area contributed by atoms with Crippen molar-refractivity contribution in [2.45, 2.75) is 111 Å². The maximum Gasteiger partial charge on any atom is 0.187 e. The number of benzene rings is 2. The molecule has 3 heterocycles. The predicted octanol–water partition coefficient (Wildman–Crippen LogP) is 0.115. The molecule has 0 radical (unpaired) electrons. The number of aliphatic hydroxyl groups is 2. The lowest BCUT2D eigenvalue weighted by Crippen LogP contribution is -2.70. The molecular weight excluding hydrogens is 688 g/mol. The second-order valence-electron chi connectivity index (χ2n) is 13.8. The molecule has 16 atom stereocenters. The van der Waals surface area contributed by atoms with Crippen LogP contribution >= 0.6 is 0 Å². The molecule has 0 spiro atoms. The maximum absolute atomic E-state index is 11.0. The molecule has 4 fully saturated rings. The molecule has 10 N–H and O–H groups in total. The molecule has 2 aromatic rings. The van der Waals surface area contributed by atoms with Crippen molar-refractivity contribution in [3.63, 3.8) is 0 Å². The van der Waals surface area contributed by atoms with Crippen molar-refractivity contribution >= 4 is 0 Å². The average molecular weight is 743 g/mol. The van der Waals surface area contributed by atoms with Gasteiger partial charge in [0.25, 0.3) is 0 Å². The zero-order chi connectivity index (χ0) is 37.5. The monoisotopic (exact) mass is 742 g/mol. The third-order valence-electron chi connectivity index (χ3n) is 10.1. The summed E-state index contributed by atoms with van der Waals surface area (Å²) < 4.78 is 57.0. The van der Waals surface area contributed by atoms with Crippen LogP contribution in [0.25, 0.3) is 0 Å². The molecule has 15 nitrogen and oxygen atoms in total. The molecule has 0 amide bonds. The smallest absolute Gasteiger partial charge is 0.187 e. The topological polar surface area (TPSA) is 228 Å². The molecule has 0 bridgehead atoms. The van der Waals surface area contributed by atoms with Gasteiger partial charge in [0.05, 0.1) is 32.5 Å². The van der Waals surface area contributed by atoms with Crippen LogP contribution in [0.15, 0.2) is 86.0 Å². The standard InChI is InChI=1S/C38H54N4O11/c1-3-15-45-34-29(44)28(43)25(18-39)49-38(34)52-31-24(41)17-23(40)30(35(31)46-16-4-2)51-37-33(47-19-21-11-7-5-8-12-21)27(42)32-26(50-37)20-48-36(53-32)22-13-9-6-10-14-22/h3-14,23-38,43-44H,1-2,15-20,39-42H2/t23-,24+,25-,26-,27+,28-,29+,30+,31-,32-,33-,34-,35-,36?,37-,38-/m1/s1. The molecule has 0 aromatic heterocycles. The van der Waals surface area contributed by atoms with E-state index in [0.29, 0.717) is 0 Å². The summed E-state index contributed by atoms with van der Waals surface area (Å²) >= 11 is 0. The Bertz CT molecular complexity index is 1430. The van der Waals surface area contributed by atoms with E-state index in [9.17, 15) is 10.2 Å². The Hall–Kier alpha value is -2.68. The lowest BCUT2D eigenvalue weighted by molar-refractivity contribution is -0.364. The van der Waals surface area contributed by atoms with E-state index in [1.165, 1.54) is 6.08 Å². The molecule has 2 aromatic carbocycles. The Morgan fingerprint density at radius 2 is 1.32 bits per heavy atom. The molecule has 1 aliphatic carbocycles. The van der Waals surface area contributed by atoms with E-state index in [0.717, 1.165) is 11.1 Å². The Balaban J connectivity index is 1.26. The van der Waals surface area contributed by atoms with Crippen molar-refractivity contribution in [3.8, 4) is 0 Å². The molecular formula is C38H54N4O11. The fourth-order valence-electron chi connectivity index (χ4n) is 7.33. The third kappa shape index (κ3) is 9.24. The number of nitrogens with two attached hydrogens (primary N) is 4. The molecule has 53 heavy (non-hydrogen) atoms. The van der Waals surface area contributed by atoms with Crippen LogP contribution in [0.4, 0.5) is 0 Å². The summed E-state index contributed by atoms with van der Waals surface area (Å²) in [6, 6.07) is 17.3. The van der Waals surface area contributed by atoms with Crippen LogP contribution in [0.1, 0.15) is 23.8 Å². The number of hydrogen-bond acceptors (Lipinski definition) is 15. The first-order valence-electron chi connectivity index (χ1n) is 18.1. The number of ether oxygens (including phenoxy) is 9. The first-order valence-corrected chi connectivity index (χ1v) is 18.1. The second-order valence-corrected chi connectivity index (χ2v) is 13.8. The number of hydrogen-bond donors (Lipinski definition) is 6. The Morgan fingerprint density at radius 3 is 1.94 bits per heavy atom. The van der Waals surface area contributed by atoms with Gasteiger partial charge in [-0.2, -0.15) is 0 Å². The van der Waals surface area contributed by atoms with Gasteiger partial charge >= 0.3 is 0 Å². The van der Waals surface area contributed by atoms with Crippen LogP contribution in [0.2, 0.25) is 0 Å². The van der Waals surface area contributed by atoms with Crippen molar-refractivity contribution in [3.05, 3.63) is 97.1 Å². The third-order valence-corrected chi connectivity index (χ3v) is 10.1. The van der Waals surface area contributed by atoms with Crippen LogP contribution in [0.5, 0.6) is 0 Å². The first kappa shape index (κ1) is 40.0. The predicted molar refractivity (Wildman–Crippen MR) is 192 cm³/mol. The maximum atomic E-state index is 11.0. The molecule has 3 aliphatic heterocycles. The SMILES string of the molecule is C=CCO[C@@H]1[C@@H](O[C@H]2O[C@@H]3COC(c4ccccc4)O[C@H]3[C@H](N)[C@H]2OCc2ccccc2)[C@H](N)C[C@H](N)[C@H]1O[C@H]1O[C@H](CN)[C@@H](O)[C@H](O)[C@H]1OCC=C. The van der Waals surface area contributed by atoms with Gasteiger partial charge in [-0.05, 0) is 12.0 Å². The van der Waals surface area contributed by atoms with Crippen LogP contribution < -0.4 is 22.9 Å². The summed E-state index contributed by atoms with van der Waals surface area (Å²) in [5.74, 6) is 0. The van der Waals surface area contributed by atoms with E-state index in [4.69, 9.17) is 65.6 Å². The van der Waals surface area contributed by atoms with E-state index in [1.54, 1.807) is 6.08 Å². The highest BCUT2D eigenvalue weighted by molar-refractivity contribution is 5.17. The highest BCUT2D eigenvalue weighted by Gasteiger charge is 2.54. The Labute approximate surface area is 310 Å². The van der Waals surface area contributed by atoms with Gasteiger partial charge in [0.15, 0.2) is 18.9 Å². The summed E-state index contributed by atoms with van der Waals surface area (Å²) in [4.78, 5) is 0. The minimum Gasteiger partial charge on any atom is -0.388 e. The van der Waals surface area contributed by atoms with Gasteiger partial charge in [-0.15, -0.1) is 13.2 Å². The van der Waals surface area contributed by atoms with Gasteiger partial charge in [-0.1, -0.05) is 72.8 Å². The van der Waals surface area contributed by atoms with E-state index >= 15 is 0 Å². The Kier molecular flexibility index (Phi) is 14.2. The van der Waals surface area contributed by atoms with Crippen molar-refractivity contribution in [2.75, 3.05) is 26.4 Å². The quantitative estimate of drug-likeness (QED) is 0.133. The number of fused-ring (bicyclic) bond motifs is 1. The summed E-state index contributed by atoms with van der Waals surface area (Å²) in [5.41, 5.74) is 28.1. The van der Waals surface area contributed by atoms with Crippen LogP contribution in [0, 0.1) is 0 Å². The molecule has 1 saturated carbocycles. The molecule has 15 heteroatoms. The average Bonchev–Trinajstić information content (AvgIpc) is 3.17. The molecule has 292 valence electrons. The summed E-state index contributed by atoms with van der Waals surface area (Å²) in [6.07, 6.45) is -8.90. The minimum absolute atomic E-state index is 0.0556. The zero-order valence-corrected chi connectivity index (χ0v) is 29.7. The van der Waals surface area contributed by atoms with Crippen LogP contribution in [-0.2, 0) is 49.2 Å². The lowest BCUT2D eigenvalue weighted by Gasteiger charge is -2.51. The van der Waals surface area contributed by atoms with Crippen molar-refractivity contribution in [2.24, 2.45) is 22.9 Å². The molecule has 4 aliphatic rings. The largest absolute Gasteiger partial charge is 0.388 e. The van der Waals surface area contributed by atoms with Crippen LogP contribution in [-0.4, -0.2) is 128 Å². The molecule has 1 unspecified atom stereocenters. The highest BCUT2D eigenvalue weighted by Crippen LogP contribution is 2.38. The van der Waals surface area contributed by atoms with Crippen LogP contribution in [0.3, 0.4) is 0 Å². The van der Waals surface area contributed by atoms with Gasteiger partial charge in [-0.3, -0.25) is 0 Å². The van der Waals surface area contributed by atoms with Gasteiger partial charge in [0.2, 0.25) is 0 Å². The van der Waals surface area contributed by atoms with Gasteiger partial charge < -0.3 is 75.8 Å². The molecule has 6 rings (SSSR count). The Morgan fingerprint density at radius 1 is 0.717 bits per heavy atom. The van der Waals surface area contributed by atoms with Crippen molar-refractivity contribution in [1.82, 2.24) is 0 Å². The van der Waals surface area contributed by atoms with E-state index in [2.05, 4.69) is 13.2 Å². The van der Waals surface area contributed by atoms with Crippen molar-refractivity contribution < 1.29 is 52.8 Å². The highest BCUT2D eigenvalue weighted by atomic mass is 16.8.